The van der Waals surface area contributed by atoms with E-state index in [-0.39, 0.29) is 6.42 Å². The Morgan fingerprint density at radius 3 is 1.53 bits per heavy atom. The van der Waals surface area contributed by atoms with Crippen molar-refractivity contribution in [1.29, 1.82) is 0 Å². The van der Waals surface area contributed by atoms with E-state index in [0.29, 0.717) is 6.42 Å². The van der Waals surface area contributed by atoms with Crippen molar-refractivity contribution >= 4 is 7.94 Å². The van der Waals surface area contributed by atoms with Gasteiger partial charge in [-0.25, -0.2) is 0 Å². The summed E-state index contributed by atoms with van der Waals surface area (Å²) >= 11 is 0. The third kappa shape index (κ3) is 13.0. The first-order valence-corrected chi connectivity index (χ1v) is 9.34. The topological polar surface area (TPSA) is 86.6 Å². The second-order valence-corrected chi connectivity index (χ2v) is 7.09. The summed E-state index contributed by atoms with van der Waals surface area (Å²) in [6.07, 6.45) is 13.2. The van der Waals surface area contributed by atoms with Crippen molar-refractivity contribution in [3.8, 4) is 0 Å². The third-order valence-electron chi connectivity index (χ3n) is 3.44. The van der Waals surface area contributed by atoms with Gasteiger partial charge >= 0.3 is 0 Å². The van der Waals surface area contributed by atoms with Crippen molar-refractivity contribution in [3.05, 3.63) is 0 Å². The van der Waals surface area contributed by atoms with Crippen LogP contribution in [0.2, 0.25) is 0 Å². The average molecular weight is 293 g/mol. The van der Waals surface area contributed by atoms with E-state index >= 15 is 0 Å². The van der Waals surface area contributed by atoms with Crippen LogP contribution in [0.5, 0.6) is 0 Å². The Morgan fingerprint density at radius 2 is 1.16 bits per heavy atom. The van der Waals surface area contributed by atoms with Gasteiger partial charge in [-0.1, -0.05) is 71.1 Å². The molecule has 5 heteroatoms. The average Bonchev–Trinajstić information content (AvgIpc) is 2.34. The molecule has 0 bridgehead atoms. The molecule has 0 aromatic carbocycles. The van der Waals surface area contributed by atoms with Crippen LogP contribution in [0.4, 0.5) is 0 Å². The van der Waals surface area contributed by atoms with Crippen LogP contribution >= 0.6 is 7.94 Å². The van der Waals surface area contributed by atoms with Gasteiger partial charge in [-0.3, -0.25) is 4.89 Å². The van der Waals surface area contributed by atoms with Crippen LogP contribution in [-0.4, -0.2) is 15.8 Å². The molecule has 19 heavy (non-hydrogen) atoms. The highest BCUT2D eigenvalue weighted by molar-refractivity contribution is 7.56. The summed E-state index contributed by atoms with van der Waals surface area (Å²) < 4.78 is 0. The van der Waals surface area contributed by atoms with E-state index in [9.17, 15) is 9.79 Å². The predicted octanol–water partition coefficient (Wildman–Crippen LogP) is 2.48. The molecule has 1 unspecified atom stereocenters. The zero-order valence-electron chi connectivity index (χ0n) is 12.2. The van der Waals surface area contributed by atoms with Crippen LogP contribution < -0.4 is 9.79 Å². The first kappa shape index (κ1) is 19.3. The van der Waals surface area contributed by atoms with Crippen molar-refractivity contribution in [2.24, 2.45) is 0 Å². The molecular weight excluding hydrogens is 263 g/mol. The zero-order valence-corrected chi connectivity index (χ0v) is 13.1. The molecule has 0 aliphatic carbocycles. The molecule has 4 nitrogen and oxygen atoms in total. The van der Waals surface area contributed by atoms with E-state index in [1.165, 1.54) is 51.4 Å². The highest BCUT2D eigenvalue weighted by Crippen LogP contribution is 2.41. The van der Waals surface area contributed by atoms with Crippen molar-refractivity contribution in [2.45, 2.75) is 89.8 Å². The Balaban J connectivity index is 3.15. The lowest BCUT2D eigenvalue weighted by Gasteiger charge is -2.32. The lowest BCUT2D eigenvalue weighted by molar-refractivity contribution is -0.340. The van der Waals surface area contributed by atoms with E-state index in [1.54, 1.807) is 0 Å². The molecule has 0 saturated carbocycles. The van der Waals surface area contributed by atoms with Gasteiger partial charge in [-0.05, 0) is 6.42 Å². The Labute approximate surface area is 118 Å². The van der Waals surface area contributed by atoms with Crippen molar-refractivity contribution in [2.75, 3.05) is 0 Å². The van der Waals surface area contributed by atoms with Gasteiger partial charge in [0.25, 0.3) is 0 Å². The fourth-order valence-electron chi connectivity index (χ4n) is 2.15. The Kier molecular flexibility index (Phi) is 12.2. The van der Waals surface area contributed by atoms with E-state index in [2.05, 4.69) is 6.92 Å². The molecule has 0 radical (unpaired) electrons. The number of rotatable bonds is 13. The third-order valence-corrected chi connectivity index (χ3v) is 4.45. The van der Waals surface area contributed by atoms with E-state index < -0.39 is 13.8 Å². The quantitative estimate of drug-likeness (QED) is 0.403. The maximum Gasteiger partial charge on any atom is 0.181 e. The smallest absolute Gasteiger partial charge is 0.181 e. The Hall–Kier alpha value is 0.270. The maximum absolute atomic E-state index is 10.6. The number of aliphatic hydroxyl groups excluding tert-OH is 1. The van der Waals surface area contributed by atoms with Crippen LogP contribution in [-0.2, 0) is 0 Å². The minimum atomic E-state index is -4.53. The lowest BCUT2D eigenvalue weighted by Crippen LogP contribution is -2.31. The second-order valence-electron chi connectivity index (χ2n) is 5.37. The first-order chi connectivity index (χ1) is 8.98. The summed E-state index contributed by atoms with van der Waals surface area (Å²) in [6, 6.07) is 0. The van der Waals surface area contributed by atoms with Gasteiger partial charge in [0.1, 0.15) is 0 Å². The van der Waals surface area contributed by atoms with Crippen LogP contribution in [0.25, 0.3) is 0 Å². The highest BCUT2D eigenvalue weighted by Gasteiger charge is 2.20. The summed E-state index contributed by atoms with van der Waals surface area (Å²) in [5.74, 6) is -1.58. The summed E-state index contributed by atoms with van der Waals surface area (Å²) in [5.41, 5.74) is 0. The molecule has 0 fully saturated rings. The van der Waals surface area contributed by atoms with Gasteiger partial charge < -0.3 is 14.9 Å². The summed E-state index contributed by atoms with van der Waals surface area (Å²) in [4.78, 5) is 29.8. The van der Waals surface area contributed by atoms with Crippen LogP contribution in [0, 0.1) is 0 Å². The molecule has 0 aliphatic rings. The summed E-state index contributed by atoms with van der Waals surface area (Å²) in [5, 5.41) is 9.10. The summed E-state index contributed by atoms with van der Waals surface area (Å²) in [7, 11) is -4.53. The van der Waals surface area contributed by atoms with Crippen molar-refractivity contribution in [1.82, 2.24) is 0 Å². The van der Waals surface area contributed by atoms with Crippen molar-refractivity contribution < 1.29 is 19.8 Å². The molecule has 1 atom stereocenters. The molecular formula is C14H30O4P-. The Bertz CT molecular complexity index is 194. The number of hydrogen-bond donors (Lipinski definition) is 2. The molecule has 0 spiro atoms. The van der Waals surface area contributed by atoms with Gasteiger partial charge in [0.05, 0.1) is 7.94 Å². The number of unbranched alkanes of at least 4 members (excludes halogenated alkanes) is 10. The van der Waals surface area contributed by atoms with E-state index in [1.807, 2.05) is 0 Å². The van der Waals surface area contributed by atoms with Crippen LogP contribution in [0.3, 0.4) is 0 Å². The fraction of sp³-hybridized carbons (Fsp3) is 1.00. The molecule has 0 aliphatic heterocycles. The monoisotopic (exact) mass is 293 g/mol. The molecule has 116 valence electrons. The highest BCUT2D eigenvalue weighted by atomic mass is 31.2. The number of aliphatic hydroxyl groups is 1. The van der Waals surface area contributed by atoms with Crippen molar-refractivity contribution in [3.63, 3.8) is 0 Å². The molecule has 0 heterocycles. The second kappa shape index (κ2) is 12.0. The summed E-state index contributed by atoms with van der Waals surface area (Å²) in [6.45, 7) is 2.22. The normalized spacial score (nSPS) is 13.7. The van der Waals surface area contributed by atoms with E-state index in [4.69, 9.17) is 10.00 Å². The Morgan fingerprint density at radius 1 is 0.789 bits per heavy atom. The largest absolute Gasteiger partial charge is 0.658 e. The van der Waals surface area contributed by atoms with Crippen LogP contribution in [0.15, 0.2) is 0 Å². The SMILES string of the molecule is CCCCCCCCCCCCCC(O)[P+]([O-])([O-])O. The molecule has 0 saturated heterocycles. The molecule has 0 amide bonds. The zero-order chi connectivity index (χ0) is 14.6. The minimum absolute atomic E-state index is 0.147. The van der Waals surface area contributed by atoms with Gasteiger partial charge in [0, 0.05) is 6.42 Å². The number of hydrogen-bond acceptors (Lipinski definition) is 4. The van der Waals surface area contributed by atoms with Gasteiger partial charge in [-0.15, -0.1) is 0 Å². The van der Waals surface area contributed by atoms with Gasteiger partial charge in [-0.2, -0.15) is 0 Å². The van der Waals surface area contributed by atoms with E-state index in [0.717, 1.165) is 12.8 Å². The van der Waals surface area contributed by atoms with Crippen LogP contribution in [0.1, 0.15) is 84.0 Å². The maximum atomic E-state index is 10.6. The fourth-order valence-corrected chi connectivity index (χ4v) is 2.66. The molecule has 0 rings (SSSR count). The standard InChI is InChI=1S/C14H31O4P/c1-2-3-4-5-6-7-8-9-10-11-12-13-14(15)19(16,17)18/h14-15H,2-13H2,1H3,(H2,16,17,18)/p-1. The first-order valence-electron chi connectivity index (χ1n) is 7.70. The molecule has 0 aromatic heterocycles. The molecule has 0 aromatic rings. The van der Waals surface area contributed by atoms with Gasteiger partial charge in [0.15, 0.2) is 5.85 Å². The predicted molar refractivity (Wildman–Crippen MR) is 76.2 cm³/mol. The minimum Gasteiger partial charge on any atom is -0.658 e. The lowest BCUT2D eigenvalue weighted by atomic mass is 10.1. The molecule has 2 N–H and O–H groups in total. The van der Waals surface area contributed by atoms with Gasteiger partial charge in [0.2, 0.25) is 0 Å².